The Kier molecular flexibility index (Phi) is 6.66. The molecule has 0 aliphatic rings. The number of carbonyl (C=O) groups is 2. The molecule has 6 nitrogen and oxygen atoms in total. The Bertz CT molecular complexity index is 715. The Morgan fingerprint density at radius 3 is 2.52 bits per heavy atom. The minimum Gasteiger partial charge on any atom is -0.346 e. The summed E-state index contributed by atoms with van der Waals surface area (Å²) in [5.74, 6) is -0.569. The van der Waals surface area contributed by atoms with Crippen molar-refractivity contribution in [3.63, 3.8) is 0 Å². The molecule has 0 saturated heterocycles. The van der Waals surface area contributed by atoms with E-state index in [2.05, 4.69) is 15.6 Å². The molecule has 2 atom stereocenters. The Morgan fingerprint density at radius 1 is 1.20 bits per heavy atom. The van der Waals surface area contributed by atoms with Crippen molar-refractivity contribution in [2.75, 3.05) is 6.54 Å². The highest BCUT2D eigenvalue weighted by Gasteiger charge is 2.19. The normalized spacial score (nSPS) is 13.3. The van der Waals surface area contributed by atoms with Gasteiger partial charge in [-0.1, -0.05) is 44.2 Å². The molecule has 0 saturated carbocycles. The third-order valence-corrected chi connectivity index (χ3v) is 4.81. The molecular formula is C18H24N4O2S. The summed E-state index contributed by atoms with van der Waals surface area (Å²) in [6.45, 7) is 5.49. The maximum absolute atomic E-state index is 12.0. The second-order valence-corrected chi connectivity index (χ2v) is 7.10. The fourth-order valence-corrected chi connectivity index (χ4v) is 3.01. The summed E-state index contributed by atoms with van der Waals surface area (Å²) in [6, 6.07) is 9.03. The topological polar surface area (TPSA) is 97.1 Å². The van der Waals surface area contributed by atoms with E-state index in [-0.39, 0.29) is 30.3 Å². The zero-order valence-electron chi connectivity index (χ0n) is 14.7. The van der Waals surface area contributed by atoms with Crippen LogP contribution in [0, 0.1) is 5.92 Å². The molecule has 0 aliphatic carbocycles. The molecule has 0 radical (unpaired) electrons. The number of hydrogen-bond donors (Lipinski definition) is 3. The first kappa shape index (κ1) is 19.1. The van der Waals surface area contributed by atoms with Gasteiger partial charge >= 0.3 is 0 Å². The van der Waals surface area contributed by atoms with Crippen molar-refractivity contribution in [3.05, 3.63) is 40.7 Å². The highest BCUT2D eigenvalue weighted by atomic mass is 32.1. The summed E-state index contributed by atoms with van der Waals surface area (Å²) in [4.78, 5) is 28.4. The molecule has 4 N–H and O–H groups in total. The molecule has 0 aliphatic heterocycles. The Hall–Kier alpha value is -2.25. The first-order chi connectivity index (χ1) is 11.9. The fourth-order valence-electron chi connectivity index (χ4n) is 2.17. The van der Waals surface area contributed by atoms with E-state index < -0.39 is 6.04 Å². The van der Waals surface area contributed by atoms with Gasteiger partial charge in [-0.25, -0.2) is 4.98 Å². The molecule has 2 rings (SSSR count). The average molecular weight is 360 g/mol. The number of thiazole rings is 1. The largest absolute Gasteiger partial charge is 0.346 e. The van der Waals surface area contributed by atoms with Crippen LogP contribution >= 0.6 is 11.3 Å². The number of nitrogens with one attached hydrogen (secondary N) is 2. The molecule has 2 aromatic rings. The lowest BCUT2D eigenvalue weighted by molar-refractivity contribution is -0.127. The molecule has 1 aromatic carbocycles. The number of rotatable bonds is 7. The van der Waals surface area contributed by atoms with Crippen LogP contribution < -0.4 is 16.4 Å². The van der Waals surface area contributed by atoms with E-state index >= 15 is 0 Å². The van der Waals surface area contributed by atoms with Gasteiger partial charge in [-0.3, -0.25) is 9.59 Å². The number of carbonyl (C=O) groups excluding carboxylic acids is 2. The first-order valence-corrected chi connectivity index (χ1v) is 9.10. The fraction of sp³-hybridized carbons (Fsp3) is 0.389. The predicted molar refractivity (Wildman–Crippen MR) is 99.9 cm³/mol. The zero-order valence-corrected chi connectivity index (χ0v) is 15.5. The molecule has 1 aromatic heterocycles. The van der Waals surface area contributed by atoms with Gasteiger partial charge in [0.05, 0.1) is 24.3 Å². The van der Waals surface area contributed by atoms with Gasteiger partial charge < -0.3 is 16.4 Å². The quantitative estimate of drug-likeness (QED) is 0.704. The van der Waals surface area contributed by atoms with Crippen LogP contribution in [0.3, 0.4) is 0 Å². The van der Waals surface area contributed by atoms with Gasteiger partial charge in [0, 0.05) is 10.9 Å². The van der Waals surface area contributed by atoms with E-state index in [1.165, 1.54) is 11.3 Å². The predicted octanol–water partition coefficient (Wildman–Crippen LogP) is 2.09. The van der Waals surface area contributed by atoms with Gasteiger partial charge in [-0.05, 0) is 12.8 Å². The van der Waals surface area contributed by atoms with Crippen LogP contribution in [0.4, 0.5) is 0 Å². The van der Waals surface area contributed by atoms with Gasteiger partial charge in [-0.15, -0.1) is 11.3 Å². The molecule has 1 heterocycles. The average Bonchev–Trinajstić information content (AvgIpc) is 3.10. The minimum atomic E-state index is -0.613. The molecular weight excluding hydrogens is 336 g/mol. The van der Waals surface area contributed by atoms with Crippen LogP contribution in [0.25, 0.3) is 11.3 Å². The highest BCUT2D eigenvalue weighted by molar-refractivity contribution is 7.10. The van der Waals surface area contributed by atoms with Crippen molar-refractivity contribution < 1.29 is 9.59 Å². The van der Waals surface area contributed by atoms with Gasteiger partial charge in [-0.2, -0.15) is 0 Å². The molecule has 7 heteroatoms. The molecule has 1 unspecified atom stereocenters. The van der Waals surface area contributed by atoms with Crippen molar-refractivity contribution in [2.45, 2.75) is 32.9 Å². The van der Waals surface area contributed by atoms with Crippen molar-refractivity contribution in [1.29, 1.82) is 0 Å². The molecule has 0 spiro atoms. The van der Waals surface area contributed by atoms with Gasteiger partial charge in [0.1, 0.15) is 5.01 Å². The number of hydrogen-bond acceptors (Lipinski definition) is 5. The lowest BCUT2D eigenvalue weighted by atomic mass is 10.1. The summed E-state index contributed by atoms with van der Waals surface area (Å²) in [6.07, 6.45) is 0. The maximum atomic E-state index is 12.0. The maximum Gasteiger partial charge on any atom is 0.239 e. The van der Waals surface area contributed by atoms with Crippen molar-refractivity contribution in [3.8, 4) is 11.3 Å². The molecule has 134 valence electrons. The first-order valence-electron chi connectivity index (χ1n) is 8.22. The van der Waals surface area contributed by atoms with Crippen LogP contribution in [-0.4, -0.2) is 29.4 Å². The Morgan fingerprint density at radius 2 is 1.88 bits per heavy atom. The van der Waals surface area contributed by atoms with Gasteiger partial charge in [0.25, 0.3) is 0 Å². The lowest BCUT2D eigenvalue weighted by Crippen LogP contribution is -2.47. The number of amides is 2. The number of benzene rings is 1. The SMILES string of the molecule is CC(NC(=O)CNC(=O)[C@@H](N)C(C)C)c1nc(-c2ccccc2)cs1. The summed E-state index contributed by atoms with van der Waals surface area (Å²) >= 11 is 1.49. The van der Waals surface area contributed by atoms with E-state index in [4.69, 9.17) is 5.73 Å². The van der Waals surface area contributed by atoms with E-state index in [1.54, 1.807) is 0 Å². The third-order valence-electron chi connectivity index (χ3n) is 3.78. The monoisotopic (exact) mass is 360 g/mol. The minimum absolute atomic E-state index is 0.0220. The smallest absolute Gasteiger partial charge is 0.239 e. The molecule has 25 heavy (non-hydrogen) atoms. The van der Waals surface area contributed by atoms with E-state index in [0.717, 1.165) is 16.3 Å². The summed E-state index contributed by atoms with van der Waals surface area (Å²) in [5.41, 5.74) is 7.67. The number of nitrogens with zero attached hydrogens (tertiary/aromatic N) is 1. The van der Waals surface area contributed by atoms with Crippen LogP contribution in [0.15, 0.2) is 35.7 Å². The standard InChI is InChI=1S/C18H24N4O2S/c1-11(2)16(19)17(24)20-9-15(23)21-12(3)18-22-14(10-25-18)13-7-5-4-6-8-13/h4-8,10-12,16H,9,19H2,1-3H3,(H,20,24)(H,21,23)/t12?,16-/m0/s1. The van der Waals surface area contributed by atoms with Crippen molar-refractivity contribution in [1.82, 2.24) is 15.6 Å². The Labute approximate surface area is 151 Å². The molecule has 2 amide bonds. The molecule has 0 bridgehead atoms. The van der Waals surface area contributed by atoms with E-state index in [1.807, 2.05) is 56.5 Å². The second kappa shape index (κ2) is 8.73. The summed E-state index contributed by atoms with van der Waals surface area (Å²) in [5, 5.41) is 8.18. The van der Waals surface area contributed by atoms with E-state index in [0.29, 0.717) is 0 Å². The van der Waals surface area contributed by atoms with Crippen LogP contribution in [0.2, 0.25) is 0 Å². The molecule has 0 fully saturated rings. The zero-order chi connectivity index (χ0) is 18.4. The lowest BCUT2D eigenvalue weighted by Gasteiger charge is -2.16. The van der Waals surface area contributed by atoms with Crippen molar-refractivity contribution >= 4 is 23.2 Å². The highest BCUT2D eigenvalue weighted by Crippen LogP contribution is 2.25. The third kappa shape index (κ3) is 5.37. The van der Waals surface area contributed by atoms with Gasteiger partial charge in [0.15, 0.2) is 0 Å². The second-order valence-electron chi connectivity index (χ2n) is 6.21. The summed E-state index contributed by atoms with van der Waals surface area (Å²) in [7, 11) is 0. The Balaban J connectivity index is 1.87. The van der Waals surface area contributed by atoms with Crippen LogP contribution in [0.1, 0.15) is 31.8 Å². The van der Waals surface area contributed by atoms with Crippen LogP contribution in [0.5, 0.6) is 0 Å². The van der Waals surface area contributed by atoms with E-state index in [9.17, 15) is 9.59 Å². The number of nitrogens with two attached hydrogens (primary N) is 1. The van der Waals surface area contributed by atoms with Gasteiger partial charge in [0.2, 0.25) is 11.8 Å². The summed E-state index contributed by atoms with van der Waals surface area (Å²) < 4.78 is 0. The van der Waals surface area contributed by atoms with Crippen molar-refractivity contribution in [2.24, 2.45) is 11.7 Å². The van der Waals surface area contributed by atoms with Crippen LogP contribution in [-0.2, 0) is 9.59 Å². The number of aromatic nitrogens is 1.